The van der Waals surface area contributed by atoms with Crippen molar-refractivity contribution >= 4 is 28.6 Å². The first-order valence-corrected chi connectivity index (χ1v) is 9.07. The van der Waals surface area contributed by atoms with Gasteiger partial charge in [-0.1, -0.05) is 12.1 Å². The predicted octanol–water partition coefficient (Wildman–Crippen LogP) is 4.58. The van der Waals surface area contributed by atoms with E-state index in [-0.39, 0.29) is 5.52 Å². The van der Waals surface area contributed by atoms with E-state index in [2.05, 4.69) is 25.6 Å². The van der Waals surface area contributed by atoms with Crippen LogP contribution in [-0.2, 0) is 0 Å². The summed E-state index contributed by atoms with van der Waals surface area (Å²) in [6.45, 7) is 0. The van der Waals surface area contributed by atoms with Gasteiger partial charge < -0.3 is 16.0 Å². The maximum absolute atomic E-state index is 15.6. The molecule has 0 saturated carbocycles. The van der Waals surface area contributed by atoms with Gasteiger partial charge in [0.25, 0.3) is 0 Å². The topological polar surface area (TPSA) is 86.6 Å². The smallest absolute Gasteiger partial charge is 0.163 e. The number of hydrogen-bond donors (Lipinski definition) is 3. The van der Waals surface area contributed by atoms with E-state index < -0.39 is 5.82 Å². The first kappa shape index (κ1) is 18.5. The minimum atomic E-state index is -0.431. The van der Waals surface area contributed by atoms with Crippen LogP contribution in [0, 0.1) is 11.2 Å². The fourth-order valence-corrected chi connectivity index (χ4v) is 3.28. The molecule has 29 heavy (non-hydrogen) atoms. The molecule has 0 aliphatic carbocycles. The lowest BCUT2D eigenvalue weighted by atomic mass is 10.00. The molecular formula is C22H19FN6. The van der Waals surface area contributed by atoms with E-state index in [4.69, 9.17) is 5.41 Å². The number of nitrogens with zero attached hydrogens (tertiary/aromatic N) is 3. The van der Waals surface area contributed by atoms with Gasteiger partial charge >= 0.3 is 0 Å². The number of fused-ring (bicyclic) bond motifs is 1. The normalized spacial score (nSPS) is 10.7. The van der Waals surface area contributed by atoms with Crippen molar-refractivity contribution in [2.45, 2.75) is 0 Å². The Hall–Kier alpha value is -3.87. The Morgan fingerprint density at radius 3 is 2.55 bits per heavy atom. The summed E-state index contributed by atoms with van der Waals surface area (Å²) in [4.78, 5) is 13.1. The Labute approximate surface area is 167 Å². The molecule has 6 nitrogen and oxygen atoms in total. The minimum Gasteiger partial charge on any atom is -0.388 e. The number of benzene rings is 2. The van der Waals surface area contributed by atoms with Crippen LogP contribution in [0.1, 0.15) is 5.56 Å². The average Bonchev–Trinajstić information content (AvgIpc) is 2.79. The van der Waals surface area contributed by atoms with Crippen LogP contribution in [0.25, 0.3) is 33.4 Å². The number of halogens is 1. The Kier molecular flexibility index (Phi) is 4.87. The highest BCUT2D eigenvalue weighted by atomic mass is 19.1. The largest absolute Gasteiger partial charge is 0.388 e. The first-order valence-electron chi connectivity index (χ1n) is 9.07. The number of hydrogen-bond acceptors (Lipinski definition) is 6. The summed E-state index contributed by atoms with van der Waals surface area (Å²) in [5.41, 5.74) is 3.52. The van der Waals surface area contributed by atoms with Gasteiger partial charge in [-0.25, -0.2) is 14.4 Å². The third-order valence-electron chi connectivity index (χ3n) is 4.75. The summed E-state index contributed by atoms with van der Waals surface area (Å²) in [6, 6.07) is 12.6. The molecule has 0 fully saturated rings. The van der Waals surface area contributed by atoms with E-state index >= 15 is 4.39 Å². The predicted molar refractivity (Wildman–Crippen MR) is 115 cm³/mol. The third-order valence-corrected chi connectivity index (χ3v) is 4.75. The Morgan fingerprint density at radius 1 is 1.00 bits per heavy atom. The molecule has 2 aromatic carbocycles. The quantitative estimate of drug-likeness (QED) is 0.437. The minimum absolute atomic E-state index is 0.231. The molecule has 4 aromatic rings. The summed E-state index contributed by atoms with van der Waals surface area (Å²) >= 11 is 0. The van der Waals surface area contributed by atoms with E-state index in [0.717, 1.165) is 5.69 Å². The van der Waals surface area contributed by atoms with Gasteiger partial charge in [-0.3, -0.25) is 4.98 Å². The molecule has 2 heterocycles. The van der Waals surface area contributed by atoms with Crippen molar-refractivity contribution in [1.82, 2.24) is 15.0 Å². The molecule has 0 atom stereocenters. The SMILES string of the molecule is CNc1ccc(-c2ccc3c(NC)nc(-c4cccnc4)nc3c2F)cc1C=N. The van der Waals surface area contributed by atoms with E-state index in [1.165, 1.54) is 6.21 Å². The molecule has 0 bridgehead atoms. The number of aromatic nitrogens is 3. The maximum Gasteiger partial charge on any atom is 0.163 e. The highest BCUT2D eigenvalue weighted by Gasteiger charge is 2.16. The van der Waals surface area contributed by atoms with Gasteiger partial charge in [0.1, 0.15) is 11.3 Å². The van der Waals surface area contributed by atoms with Crippen LogP contribution in [0.15, 0.2) is 54.9 Å². The first-order chi connectivity index (χ1) is 14.2. The van der Waals surface area contributed by atoms with Crippen molar-refractivity contribution < 1.29 is 4.39 Å². The van der Waals surface area contributed by atoms with E-state index in [9.17, 15) is 0 Å². The molecule has 0 spiro atoms. The molecule has 144 valence electrons. The van der Waals surface area contributed by atoms with Crippen molar-refractivity contribution in [2.75, 3.05) is 24.7 Å². The Bertz CT molecular complexity index is 1210. The molecular weight excluding hydrogens is 367 g/mol. The fraction of sp³-hybridized carbons (Fsp3) is 0.0909. The van der Waals surface area contributed by atoms with Crippen molar-refractivity contribution in [1.29, 1.82) is 5.41 Å². The number of nitrogens with one attached hydrogen (secondary N) is 3. The van der Waals surface area contributed by atoms with E-state index in [1.807, 2.05) is 24.3 Å². The van der Waals surface area contributed by atoms with Crippen molar-refractivity contribution in [3.63, 3.8) is 0 Å². The van der Waals surface area contributed by atoms with Crippen LogP contribution in [-0.4, -0.2) is 35.3 Å². The second-order valence-corrected chi connectivity index (χ2v) is 6.41. The van der Waals surface area contributed by atoms with Gasteiger partial charge in [-0.15, -0.1) is 0 Å². The monoisotopic (exact) mass is 386 g/mol. The Balaban J connectivity index is 1.94. The van der Waals surface area contributed by atoms with Gasteiger partial charge in [-0.05, 0) is 35.9 Å². The highest BCUT2D eigenvalue weighted by Crippen LogP contribution is 2.33. The summed E-state index contributed by atoms with van der Waals surface area (Å²) in [7, 11) is 3.53. The van der Waals surface area contributed by atoms with Crippen molar-refractivity contribution in [2.24, 2.45) is 0 Å². The summed E-state index contributed by atoms with van der Waals surface area (Å²) in [6.07, 6.45) is 4.56. The second-order valence-electron chi connectivity index (χ2n) is 6.41. The average molecular weight is 386 g/mol. The van der Waals surface area contributed by atoms with E-state index in [1.54, 1.807) is 44.7 Å². The molecule has 7 heteroatoms. The second kappa shape index (κ2) is 7.63. The lowest BCUT2D eigenvalue weighted by Gasteiger charge is -2.13. The number of anilines is 2. The van der Waals surface area contributed by atoms with Crippen LogP contribution in [0.5, 0.6) is 0 Å². The molecule has 0 amide bonds. The van der Waals surface area contributed by atoms with Gasteiger partial charge in [-0.2, -0.15) is 0 Å². The zero-order chi connectivity index (χ0) is 20.4. The van der Waals surface area contributed by atoms with Crippen LogP contribution in [0.2, 0.25) is 0 Å². The van der Waals surface area contributed by atoms with Gasteiger partial charge in [0.15, 0.2) is 11.6 Å². The highest BCUT2D eigenvalue weighted by molar-refractivity contribution is 5.95. The lowest BCUT2D eigenvalue weighted by Crippen LogP contribution is -2.01. The van der Waals surface area contributed by atoms with E-state index in [0.29, 0.717) is 39.3 Å². The zero-order valence-corrected chi connectivity index (χ0v) is 16.0. The van der Waals surface area contributed by atoms with Gasteiger partial charge in [0.2, 0.25) is 0 Å². The lowest BCUT2D eigenvalue weighted by molar-refractivity contribution is 0.640. The molecule has 4 rings (SSSR count). The number of pyridine rings is 1. The molecule has 3 N–H and O–H groups in total. The van der Waals surface area contributed by atoms with Crippen molar-refractivity contribution in [3.05, 3.63) is 66.2 Å². The third kappa shape index (κ3) is 3.27. The van der Waals surface area contributed by atoms with Crippen LogP contribution in [0.3, 0.4) is 0 Å². The van der Waals surface area contributed by atoms with Gasteiger partial charge in [0, 0.05) is 60.5 Å². The van der Waals surface area contributed by atoms with Gasteiger partial charge in [0.05, 0.1) is 0 Å². The standard InChI is InChI=1S/C22H19FN6/c1-25-18-8-5-13(10-15(18)11-24)16-6-7-17-20(19(16)23)28-21(29-22(17)26-2)14-4-3-9-27-12-14/h3-12,24-25H,1-2H3,(H,26,28,29). The zero-order valence-electron chi connectivity index (χ0n) is 16.0. The molecule has 0 unspecified atom stereocenters. The maximum atomic E-state index is 15.6. The Morgan fingerprint density at radius 2 is 1.86 bits per heavy atom. The van der Waals surface area contributed by atoms with Crippen LogP contribution < -0.4 is 10.6 Å². The molecule has 0 saturated heterocycles. The molecule has 0 radical (unpaired) electrons. The summed E-state index contributed by atoms with van der Waals surface area (Å²) in [5.74, 6) is 0.515. The molecule has 2 aromatic heterocycles. The summed E-state index contributed by atoms with van der Waals surface area (Å²) in [5, 5.41) is 14.3. The van der Waals surface area contributed by atoms with Crippen LogP contribution >= 0.6 is 0 Å². The van der Waals surface area contributed by atoms with Crippen molar-refractivity contribution in [3.8, 4) is 22.5 Å². The molecule has 0 aliphatic rings. The van der Waals surface area contributed by atoms with Crippen LogP contribution in [0.4, 0.5) is 15.9 Å². The summed E-state index contributed by atoms with van der Waals surface area (Å²) < 4.78 is 15.6. The molecule has 0 aliphatic heterocycles. The number of rotatable bonds is 5. The fourth-order valence-electron chi connectivity index (χ4n) is 3.28.